The highest BCUT2D eigenvalue weighted by atomic mass is 32.2. The van der Waals surface area contributed by atoms with E-state index in [9.17, 15) is 4.79 Å². The molecule has 0 saturated carbocycles. The highest BCUT2D eigenvalue weighted by molar-refractivity contribution is 7.98. The predicted octanol–water partition coefficient (Wildman–Crippen LogP) is 2.73. The monoisotopic (exact) mass is 210 g/mol. The Balaban J connectivity index is 2.73. The second-order valence-electron chi connectivity index (χ2n) is 2.83. The van der Waals surface area contributed by atoms with Crippen LogP contribution in [0.4, 0.5) is 0 Å². The first-order valence-corrected chi connectivity index (χ1v) is 5.68. The van der Waals surface area contributed by atoms with E-state index in [1.165, 1.54) is 12.7 Å². The van der Waals surface area contributed by atoms with Crippen LogP contribution in [0.3, 0.4) is 0 Å². The number of carbonyl (C=O) groups excluding carboxylic acids is 1. The van der Waals surface area contributed by atoms with Crippen LogP contribution in [0.1, 0.15) is 22.8 Å². The number of ether oxygens (including phenoxy) is 1. The summed E-state index contributed by atoms with van der Waals surface area (Å²) in [6.07, 6.45) is 0. The predicted molar refractivity (Wildman–Crippen MR) is 59.6 cm³/mol. The van der Waals surface area contributed by atoms with Crippen molar-refractivity contribution < 1.29 is 9.53 Å². The molecule has 14 heavy (non-hydrogen) atoms. The van der Waals surface area contributed by atoms with Crippen molar-refractivity contribution in [3.63, 3.8) is 0 Å². The Bertz CT molecular complexity index is 310. The van der Waals surface area contributed by atoms with Crippen LogP contribution in [0, 0.1) is 0 Å². The van der Waals surface area contributed by atoms with Crippen LogP contribution >= 0.6 is 11.8 Å². The summed E-state index contributed by atoms with van der Waals surface area (Å²) in [6, 6.07) is 7.56. The lowest BCUT2D eigenvalue weighted by Crippen LogP contribution is -2.01. The Kier molecular flexibility index (Phi) is 4.53. The van der Waals surface area contributed by atoms with Crippen LogP contribution in [0.2, 0.25) is 0 Å². The highest BCUT2D eigenvalue weighted by Gasteiger charge is 2.04. The second-order valence-corrected chi connectivity index (χ2v) is 4.10. The molecule has 0 N–H and O–H groups in total. The van der Waals surface area contributed by atoms with Gasteiger partial charge >= 0.3 is 5.97 Å². The van der Waals surface area contributed by atoms with Gasteiger partial charge in [0.25, 0.3) is 0 Å². The molecule has 0 atom stereocenters. The van der Waals surface area contributed by atoms with E-state index in [0.29, 0.717) is 5.56 Å². The van der Waals surface area contributed by atoms with E-state index in [1.54, 1.807) is 6.07 Å². The maximum absolute atomic E-state index is 11.2. The molecule has 1 rings (SSSR count). The summed E-state index contributed by atoms with van der Waals surface area (Å²) in [5.74, 6) is 1.76. The Morgan fingerprint density at radius 3 is 2.93 bits per heavy atom. The third-order valence-corrected chi connectivity index (χ3v) is 2.77. The van der Waals surface area contributed by atoms with Crippen LogP contribution < -0.4 is 0 Å². The molecule has 0 aromatic heterocycles. The molecule has 0 bridgehead atoms. The molecule has 0 radical (unpaired) electrons. The summed E-state index contributed by atoms with van der Waals surface area (Å²) in [5.41, 5.74) is 1.79. The largest absolute Gasteiger partial charge is 0.465 e. The molecule has 0 spiro atoms. The van der Waals surface area contributed by atoms with Crippen molar-refractivity contribution in [1.82, 2.24) is 0 Å². The zero-order chi connectivity index (χ0) is 10.4. The van der Waals surface area contributed by atoms with E-state index in [2.05, 4.69) is 11.7 Å². The molecular formula is C11H14O2S. The van der Waals surface area contributed by atoms with Gasteiger partial charge in [-0.2, -0.15) is 11.8 Å². The van der Waals surface area contributed by atoms with Crippen molar-refractivity contribution in [1.29, 1.82) is 0 Å². The smallest absolute Gasteiger partial charge is 0.337 e. The topological polar surface area (TPSA) is 26.3 Å². The van der Waals surface area contributed by atoms with Gasteiger partial charge in [-0.3, -0.25) is 0 Å². The summed E-state index contributed by atoms with van der Waals surface area (Å²) in [5, 5.41) is 0. The minimum Gasteiger partial charge on any atom is -0.465 e. The summed E-state index contributed by atoms with van der Waals surface area (Å²) >= 11 is 1.84. The summed E-state index contributed by atoms with van der Waals surface area (Å²) < 4.78 is 4.65. The van der Waals surface area contributed by atoms with Crippen molar-refractivity contribution in [2.24, 2.45) is 0 Å². The van der Waals surface area contributed by atoms with Crippen molar-refractivity contribution in [3.8, 4) is 0 Å². The number of thioether (sulfide) groups is 1. The number of hydrogen-bond acceptors (Lipinski definition) is 3. The molecule has 2 nitrogen and oxygen atoms in total. The Morgan fingerprint density at radius 1 is 1.50 bits per heavy atom. The molecule has 0 amide bonds. The third kappa shape index (κ3) is 3.07. The second kappa shape index (κ2) is 5.70. The molecule has 0 aliphatic carbocycles. The van der Waals surface area contributed by atoms with Gasteiger partial charge in [-0.05, 0) is 23.4 Å². The van der Waals surface area contributed by atoms with Crippen molar-refractivity contribution in [2.45, 2.75) is 12.7 Å². The van der Waals surface area contributed by atoms with Gasteiger partial charge in [0.15, 0.2) is 0 Å². The SMILES string of the molecule is CCSCc1cccc(C(=O)OC)c1. The fourth-order valence-electron chi connectivity index (χ4n) is 1.13. The van der Waals surface area contributed by atoms with Gasteiger partial charge in [-0.15, -0.1) is 0 Å². The van der Waals surface area contributed by atoms with Gasteiger partial charge in [0, 0.05) is 5.75 Å². The van der Waals surface area contributed by atoms with Gasteiger partial charge in [-0.25, -0.2) is 4.79 Å². The van der Waals surface area contributed by atoms with Crippen LogP contribution in [0.5, 0.6) is 0 Å². The molecule has 1 aromatic carbocycles. The van der Waals surface area contributed by atoms with Gasteiger partial charge in [0.1, 0.15) is 0 Å². The Morgan fingerprint density at radius 2 is 2.29 bits per heavy atom. The van der Waals surface area contributed by atoms with Crippen LogP contribution in [-0.4, -0.2) is 18.8 Å². The average molecular weight is 210 g/mol. The fourth-order valence-corrected chi connectivity index (χ4v) is 1.75. The summed E-state index contributed by atoms with van der Waals surface area (Å²) in [7, 11) is 1.40. The highest BCUT2D eigenvalue weighted by Crippen LogP contribution is 2.13. The Labute approximate surface area is 88.7 Å². The number of methoxy groups -OCH3 is 1. The fraction of sp³-hybridized carbons (Fsp3) is 0.364. The molecule has 1 aromatic rings. The Hall–Kier alpha value is -0.960. The van der Waals surface area contributed by atoms with Gasteiger partial charge in [0.2, 0.25) is 0 Å². The van der Waals surface area contributed by atoms with Crippen molar-refractivity contribution in [2.75, 3.05) is 12.9 Å². The first-order valence-electron chi connectivity index (χ1n) is 4.53. The van der Waals surface area contributed by atoms with E-state index in [4.69, 9.17) is 0 Å². The first-order chi connectivity index (χ1) is 6.77. The molecule has 0 fully saturated rings. The standard InChI is InChI=1S/C11H14O2S/c1-3-14-8-9-5-4-6-10(7-9)11(12)13-2/h4-7H,3,8H2,1-2H3. The van der Waals surface area contributed by atoms with Gasteiger partial charge < -0.3 is 4.74 Å². The molecule has 0 heterocycles. The minimum atomic E-state index is -0.270. The lowest BCUT2D eigenvalue weighted by Gasteiger charge is -2.02. The van der Waals surface area contributed by atoms with E-state index >= 15 is 0 Å². The van der Waals surface area contributed by atoms with Crippen LogP contribution in [0.15, 0.2) is 24.3 Å². The quantitative estimate of drug-likeness (QED) is 0.715. The van der Waals surface area contributed by atoms with E-state index in [0.717, 1.165) is 11.5 Å². The van der Waals surface area contributed by atoms with E-state index in [-0.39, 0.29) is 5.97 Å². The maximum Gasteiger partial charge on any atom is 0.337 e. The van der Waals surface area contributed by atoms with E-state index < -0.39 is 0 Å². The molecule has 0 unspecified atom stereocenters. The summed E-state index contributed by atoms with van der Waals surface area (Å²) in [4.78, 5) is 11.2. The maximum atomic E-state index is 11.2. The average Bonchev–Trinajstić information content (AvgIpc) is 2.25. The number of hydrogen-bond donors (Lipinski definition) is 0. The zero-order valence-electron chi connectivity index (χ0n) is 8.45. The number of carbonyl (C=O) groups is 1. The van der Waals surface area contributed by atoms with Crippen molar-refractivity contribution >= 4 is 17.7 Å². The number of esters is 1. The number of rotatable bonds is 4. The number of benzene rings is 1. The van der Waals surface area contributed by atoms with E-state index in [1.807, 2.05) is 30.0 Å². The molecular weight excluding hydrogens is 196 g/mol. The molecule has 0 saturated heterocycles. The van der Waals surface area contributed by atoms with Crippen molar-refractivity contribution in [3.05, 3.63) is 35.4 Å². The summed E-state index contributed by atoms with van der Waals surface area (Å²) in [6.45, 7) is 2.12. The lowest BCUT2D eigenvalue weighted by atomic mass is 10.1. The first kappa shape index (κ1) is 11.1. The van der Waals surface area contributed by atoms with Crippen LogP contribution in [0.25, 0.3) is 0 Å². The normalized spacial score (nSPS) is 9.86. The minimum absolute atomic E-state index is 0.270. The van der Waals surface area contributed by atoms with Gasteiger partial charge in [0.05, 0.1) is 12.7 Å². The molecule has 3 heteroatoms. The zero-order valence-corrected chi connectivity index (χ0v) is 9.26. The molecule has 0 aliphatic rings. The third-order valence-electron chi connectivity index (χ3n) is 1.82. The molecule has 0 aliphatic heterocycles. The van der Waals surface area contributed by atoms with Gasteiger partial charge in [-0.1, -0.05) is 19.1 Å². The lowest BCUT2D eigenvalue weighted by molar-refractivity contribution is 0.0600. The van der Waals surface area contributed by atoms with Crippen LogP contribution in [-0.2, 0) is 10.5 Å². The molecule has 76 valence electrons.